The van der Waals surface area contributed by atoms with E-state index >= 15 is 0 Å². The van der Waals surface area contributed by atoms with Gasteiger partial charge in [-0.25, -0.2) is 14.4 Å². The minimum atomic E-state index is -1.61. The molecule has 2 unspecified atom stereocenters. The third-order valence-electron chi connectivity index (χ3n) is 6.11. The molecule has 2 fully saturated rings. The number of carboxylic acid groups (broad SMARTS) is 1. The number of β-lactam (4-membered cyclic amide) rings is 1. The number of hydrogen-bond acceptors (Lipinski definition) is 7. The van der Waals surface area contributed by atoms with E-state index < -0.39 is 50.5 Å². The summed E-state index contributed by atoms with van der Waals surface area (Å²) in [4.78, 5) is 52.5. The summed E-state index contributed by atoms with van der Waals surface area (Å²) < 4.78 is 8.30. The fourth-order valence-electron chi connectivity index (χ4n) is 4.34. The average molecular weight is 577 g/mol. The number of fused-ring (bicyclic) bond motifs is 1. The number of alkyl carbamates (subject to hydrolysis) is 1. The van der Waals surface area contributed by atoms with Gasteiger partial charge in [0, 0.05) is 4.75 Å². The highest BCUT2D eigenvalue weighted by molar-refractivity contribution is 9.10. The number of benzene rings is 2. The van der Waals surface area contributed by atoms with E-state index in [1.54, 1.807) is 62.4 Å². The predicted molar refractivity (Wildman–Crippen MR) is 135 cm³/mol. The second-order valence-corrected chi connectivity index (χ2v) is 12.1. The van der Waals surface area contributed by atoms with Gasteiger partial charge >= 0.3 is 18.0 Å². The Morgan fingerprint density at radius 3 is 2.08 bits per heavy atom. The number of amides is 2. The number of nitrogens with one attached hydrogen (secondary N) is 1. The molecule has 0 bridgehead atoms. The number of alkyl halides is 1. The molecular formula is C25H25BrN2O7S. The number of esters is 1. The van der Waals surface area contributed by atoms with Gasteiger partial charge in [0.15, 0.2) is 10.4 Å². The summed E-state index contributed by atoms with van der Waals surface area (Å²) >= 11 is 4.65. The highest BCUT2D eigenvalue weighted by atomic mass is 79.9. The summed E-state index contributed by atoms with van der Waals surface area (Å²) in [5, 5.41) is 11.5. The zero-order valence-corrected chi connectivity index (χ0v) is 22.0. The van der Waals surface area contributed by atoms with Crippen molar-refractivity contribution in [1.82, 2.24) is 10.2 Å². The first-order valence-corrected chi connectivity index (χ1v) is 12.8. The Labute approximate surface area is 220 Å². The van der Waals surface area contributed by atoms with Crippen molar-refractivity contribution in [2.45, 2.75) is 53.6 Å². The van der Waals surface area contributed by atoms with Gasteiger partial charge in [0.1, 0.15) is 24.6 Å². The van der Waals surface area contributed by atoms with Crippen molar-refractivity contribution >= 4 is 51.6 Å². The second-order valence-electron chi connectivity index (χ2n) is 9.03. The molecule has 2 heterocycles. The molecule has 190 valence electrons. The van der Waals surface area contributed by atoms with E-state index in [0.29, 0.717) is 0 Å². The number of halogens is 1. The van der Waals surface area contributed by atoms with Crippen molar-refractivity contribution in [3.63, 3.8) is 0 Å². The molecule has 36 heavy (non-hydrogen) atoms. The fourth-order valence-corrected chi connectivity index (χ4v) is 7.01. The number of hydrogen-bond donors (Lipinski definition) is 2. The fraction of sp³-hybridized carbons (Fsp3) is 0.360. The summed E-state index contributed by atoms with van der Waals surface area (Å²) in [6, 6.07) is 15.4. The molecule has 4 rings (SSSR count). The third kappa shape index (κ3) is 4.81. The number of ether oxygens (including phenoxy) is 2. The van der Waals surface area contributed by atoms with Gasteiger partial charge in [0.05, 0.1) is 0 Å². The van der Waals surface area contributed by atoms with Crippen LogP contribution in [0.4, 0.5) is 4.79 Å². The van der Waals surface area contributed by atoms with Crippen molar-refractivity contribution in [2.75, 3.05) is 0 Å². The molecule has 0 radical (unpaired) electrons. The molecule has 0 spiro atoms. The number of rotatable bonds is 8. The van der Waals surface area contributed by atoms with Crippen LogP contribution in [0.2, 0.25) is 0 Å². The minimum Gasteiger partial charge on any atom is -0.480 e. The van der Waals surface area contributed by atoms with E-state index in [9.17, 15) is 24.3 Å². The van der Waals surface area contributed by atoms with E-state index in [-0.39, 0.29) is 13.2 Å². The number of carboxylic acids is 1. The van der Waals surface area contributed by atoms with Crippen LogP contribution in [0.1, 0.15) is 25.0 Å². The Bertz CT molecular complexity index is 1160. The Kier molecular flexibility index (Phi) is 7.33. The number of aliphatic carboxylic acids is 1. The smallest absolute Gasteiger partial charge is 0.408 e. The van der Waals surface area contributed by atoms with Crippen LogP contribution in [0, 0.1) is 0 Å². The lowest BCUT2D eigenvalue weighted by Crippen LogP contribution is -2.78. The predicted octanol–water partition coefficient (Wildman–Crippen LogP) is 3.31. The molecule has 2 N–H and O–H groups in total. The molecule has 2 aliphatic rings. The summed E-state index contributed by atoms with van der Waals surface area (Å²) in [5.74, 6) is -2.61. The van der Waals surface area contributed by atoms with E-state index in [2.05, 4.69) is 21.2 Å². The zero-order chi connectivity index (χ0) is 26.1. The van der Waals surface area contributed by atoms with Crippen LogP contribution >= 0.6 is 27.7 Å². The molecule has 11 heteroatoms. The van der Waals surface area contributed by atoms with Crippen LogP contribution in [0.25, 0.3) is 0 Å². The van der Waals surface area contributed by atoms with Crippen LogP contribution < -0.4 is 5.32 Å². The van der Waals surface area contributed by atoms with E-state index in [1.165, 1.54) is 16.7 Å². The topological polar surface area (TPSA) is 122 Å². The quantitative estimate of drug-likeness (QED) is 0.279. The van der Waals surface area contributed by atoms with Gasteiger partial charge in [-0.1, -0.05) is 76.6 Å². The number of carbonyl (C=O) groups excluding carboxylic acids is 3. The lowest BCUT2D eigenvalue weighted by molar-refractivity contribution is -0.165. The Hall–Kier alpha value is -3.05. The molecule has 0 saturated carbocycles. The van der Waals surface area contributed by atoms with Crippen LogP contribution in [0.5, 0.6) is 0 Å². The molecule has 2 saturated heterocycles. The van der Waals surface area contributed by atoms with Crippen molar-refractivity contribution in [2.24, 2.45) is 0 Å². The lowest BCUT2D eigenvalue weighted by Gasteiger charge is -2.52. The molecule has 4 atom stereocenters. The van der Waals surface area contributed by atoms with Crippen molar-refractivity contribution in [3.8, 4) is 0 Å². The Morgan fingerprint density at radius 2 is 1.56 bits per heavy atom. The first-order chi connectivity index (χ1) is 17.1. The van der Waals surface area contributed by atoms with Crippen LogP contribution in [-0.4, -0.2) is 60.5 Å². The summed E-state index contributed by atoms with van der Waals surface area (Å²) in [7, 11) is 0. The number of nitrogens with zero attached hydrogens (tertiary/aromatic N) is 1. The standard InChI is InChI=1S/C25H25BrN2O7S/c1-24(2)18(19(29)30)28-21(32)25(26,22(28)36-24)17(20(31)34-13-15-9-5-3-6-10-15)27-23(33)35-14-16-11-7-4-8-12-16/h3-12,17-18,22H,13-14H2,1-2H3,(H,27,33)(H,29,30)/t17?,18-,22+,25?/m0/s1. The average Bonchev–Trinajstić information content (AvgIpc) is 3.14. The SMILES string of the molecule is CC1(C)S[C@H]2N(C(=O)C2(Br)C(NC(=O)OCc2ccccc2)C(=O)OCc2ccccc2)[C@H]1C(=O)O. The molecule has 2 aromatic rings. The van der Waals surface area contributed by atoms with Gasteiger partial charge in [0.25, 0.3) is 0 Å². The Morgan fingerprint density at radius 1 is 1.03 bits per heavy atom. The van der Waals surface area contributed by atoms with E-state index in [1.807, 2.05) is 12.1 Å². The van der Waals surface area contributed by atoms with Gasteiger partial charge in [0.2, 0.25) is 5.91 Å². The van der Waals surface area contributed by atoms with Crippen LogP contribution in [0.15, 0.2) is 60.7 Å². The largest absolute Gasteiger partial charge is 0.480 e. The lowest BCUT2D eigenvalue weighted by atomic mass is 9.86. The summed E-state index contributed by atoms with van der Waals surface area (Å²) in [6.07, 6.45) is -0.914. The van der Waals surface area contributed by atoms with Crippen molar-refractivity contribution in [3.05, 3.63) is 71.8 Å². The van der Waals surface area contributed by atoms with Crippen molar-refractivity contribution < 1.29 is 33.8 Å². The summed E-state index contributed by atoms with van der Waals surface area (Å²) in [6.45, 7) is 3.33. The van der Waals surface area contributed by atoms with Gasteiger partial charge < -0.3 is 24.8 Å². The molecule has 9 nitrogen and oxygen atoms in total. The highest BCUT2D eigenvalue weighted by Crippen LogP contribution is 2.59. The minimum absolute atomic E-state index is 0.0416. The maximum Gasteiger partial charge on any atom is 0.408 e. The van der Waals surface area contributed by atoms with E-state index in [0.717, 1.165) is 11.1 Å². The molecule has 2 aromatic carbocycles. The second kappa shape index (κ2) is 10.1. The third-order valence-corrected chi connectivity index (χ3v) is 9.30. The monoisotopic (exact) mass is 576 g/mol. The van der Waals surface area contributed by atoms with Crippen LogP contribution in [-0.2, 0) is 37.1 Å². The molecule has 0 aromatic heterocycles. The highest BCUT2D eigenvalue weighted by Gasteiger charge is 2.74. The number of thioether (sulfide) groups is 1. The molecular weight excluding hydrogens is 552 g/mol. The first-order valence-electron chi connectivity index (χ1n) is 11.2. The van der Waals surface area contributed by atoms with Gasteiger partial charge in [-0.05, 0) is 25.0 Å². The molecule has 2 aliphatic heterocycles. The maximum absolute atomic E-state index is 13.4. The Balaban J connectivity index is 1.55. The van der Waals surface area contributed by atoms with Crippen molar-refractivity contribution in [1.29, 1.82) is 0 Å². The van der Waals surface area contributed by atoms with Gasteiger partial charge in [-0.15, -0.1) is 11.8 Å². The molecule has 0 aliphatic carbocycles. The normalized spacial score (nSPS) is 24.8. The first kappa shape index (κ1) is 26.0. The summed E-state index contributed by atoms with van der Waals surface area (Å²) in [5.41, 5.74) is 1.47. The van der Waals surface area contributed by atoms with Gasteiger partial charge in [-0.3, -0.25) is 4.79 Å². The maximum atomic E-state index is 13.4. The van der Waals surface area contributed by atoms with Gasteiger partial charge in [-0.2, -0.15) is 0 Å². The molecule has 2 amide bonds. The number of carbonyl (C=O) groups is 4. The van der Waals surface area contributed by atoms with Crippen LogP contribution in [0.3, 0.4) is 0 Å². The van der Waals surface area contributed by atoms with E-state index in [4.69, 9.17) is 9.47 Å². The zero-order valence-electron chi connectivity index (χ0n) is 19.5.